The molecule has 0 aliphatic heterocycles. The van der Waals surface area contributed by atoms with E-state index < -0.39 is 22.0 Å². The molecule has 1 atom stereocenters. The van der Waals surface area contributed by atoms with Crippen LogP contribution in [0.5, 0.6) is 0 Å². The quantitative estimate of drug-likeness (QED) is 0.286. The summed E-state index contributed by atoms with van der Waals surface area (Å²) in [4.78, 5) is 16.7. The molecular formula is C29H24N2O5S. The van der Waals surface area contributed by atoms with Gasteiger partial charge in [0.2, 0.25) is 15.9 Å². The second kappa shape index (κ2) is 10.4. The molecule has 0 bridgehead atoms. The van der Waals surface area contributed by atoms with Gasteiger partial charge in [0, 0.05) is 11.1 Å². The van der Waals surface area contributed by atoms with Crippen molar-refractivity contribution in [2.75, 3.05) is 7.11 Å². The number of sulfonamides is 1. The number of aromatic nitrogens is 1. The molecule has 1 aromatic heterocycles. The molecule has 0 radical (unpaired) electrons. The minimum absolute atomic E-state index is 0.0134. The van der Waals surface area contributed by atoms with Gasteiger partial charge < -0.3 is 9.15 Å². The van der Waals surface area contributed by atoms with Crippen LogP contribution >= 0.6 is 0 Å². The molecule has 37 heavy (non-hydrogen) atoms. The molecule has 0 aliphatic carbocycles. The van der Waals surface area contributed by atoms with Crippen molar-refractivity contribution in [3.8, 4) is 22.8 Å². The van der Waals surface area contributed by atoms with Crippen LogP contribution in [0.25, 0.3) is 33.6 Å². The summed E-state index contributed by atoms with van der Waals surface area (Å²) in [5.74, 6) is 0.322. The highest BCUT2D eigenvalue weighted by atomic mass is 32.2. The van der Waals surface area contributed by atoms with Crippen LogP contribution in [0, 0.1) is 0 Å². The van der Waals surface area contributed by atoms with Crippen molar-refractivity contribution in [3.63, 3.8) is 0 Å². The summed E-state index contributed by atoms with van der Waals surface area (Å²) >= 11 is 0. The second-order valence-corrected chi connectivity index (χ2v) is 10.2. The van der Waals surface area contributed by atoms with E-state index >= 15 is 0 Å². The number of benzene rings is 4. The Morgan fingerprint density at radius 3 is 2.30 bits per heavy atom. The van der Waals surface area contributed by atoms with Gasteiger partial charge in [-0.2, -0.15) is 4.72 Å². The van der Waals surface area contributed by atoms with Crippen molar-refractivity contribution >= 4 is 26.8 Å². The Morgan fingerprint density at radius 2 is 1.57 bits per heavy atom. The number of nitrogens with zero attached hydrogens (tertiary/aromatic N) is 1. The van der Waals surface area contributed by atoms with Gasteiger partial charge in [-0.3, -0.25) is 4.79 Å². The SMILES string of the molecule is COC(=O)[C@@H](Cc1ccccc1)NS(=O)(=O)c1ccc(-c2ncc(-c3ccc4ccccc4c3)o2)cc1. The third kappa shape index (κ3) is 5.45. The molecule has 0 amide bonds. The number of fused-ring (bicyclic) bond motifs is 1. The van der Waals surface area contributed by atoms with Crippen LogP contribution in [0.4, 0.5) is 0 Å². The van der Waals surface area contributed by atoms with E-state index in [1.54, 1.807) is 18.3 Å². The molecule has 1 heterocycles. The van der Waals surface area contributed by atoms with Crippen LogP contribution in [0.2, 0.25) is 0 Å². The molecule has 4 aromatic carbocycles. The highest BCUT2D eigenvalue weighted by molar-refractivity contribution is 7.89. The maximum Gasteiger partial charge on any atom is 0.324 e. The van der Waals surface area contributed by atoms with Gasteiger partial charge in [0.15, 0.2) is 5.76 Å². The Balaban J connectivity index is 1.34. The lowest BCUT2D eigenvalue weighted by Gasteiger charge is -2.17. The first-order valence-corrected chi connectivity index (χ1v) is 13.1. The average molecular weight is 513 g/mol. The van der Waals surface area contributed by atoms with E-state index in [2.05, 4.69) is 9.71 Å². The van der Waals surface area contributed by atoms with E-state index in [1.165, 1.54) is 19.2 Å². The molecule has 186 valence electrons. The summed E-state index contributed by atoms with van der Waals surface area (Å²) in [6, 6.07) is 28.3. The number of oxazole rings is 1. The summed E-state index contributed by atoms with van der Waals surface area (Å²) in [6.45, 7) is 0. The number of carbonyl (C=O) groups excluding carboxylic acids is 1. The minimum Gasteiger partial charge on any atom is -0.468 e. The van der Waals surface area contributed by atoms with Crippen molar-refractivity contribution in [3.05, 3.63) is 109 Å². The third-order valence-electron chi connectivity index (χ3n) is 6.02. The number of hydrogen-bond acceptors (Lipinski definition) is 6. The van der Waals surface area contributed by atoms with Crippen molar-refractivity contribution in [2.24, 2.45) is 0 Å². The number of methoxy groups -OCH3 is 1. The summed E-state index contributed by atoms with van der Waals surface area (Å²) in [6.07, 6.45) is 1.81. The van der Waals surface area contributed by atoms with Gasteiger partial charge in [-0.05, 0) is 53.1 Å². The number of hydrogen-bond donors (Lipinski definition) is 1. The van der Waals surface area contributed by atoms with Gasteiger partial charge >= 0.3 is 5.97 Å². The first kappa shape index (κ1) is 24.4. The Morgan fingerprint density at radius 1 is 0.892 bits per heavy atom. The van der Waals surface area contributed by atoms with Crippen molar-refractivity contribution in [2.45, 2.75) is 17.4 Å². The molecule has 0 aliphatic rings. The lowest BCUT2D eigenvalue weighted by Crippen LogP contribution is -2.42. The Labute approximate surface area is 214 Å². The Bertz CT molecular complexity index is 1650. The minimum atomic E-state index is -3.99. The maximum atomic E-state index is 13.0. The molecule has 0 unspecified atom stereocenters. The van der Waals surface area contributed by atoms with Crippen LogP contribution in [-0.2, 0) is 26.0 Å². The zero-order valence-electron chi connectivity index (χ0n) is 20.0. The lowest BCUT2D eigenvalue weighted by molar-refractivity contribution is -0.142. The molecule has 0 saturated carbocycles. The zero-order valence-corrected chi connectivity index (χ0v) is 20.8. The molecule has 7 nitrogen and oxygen atoms in total. The predicted octanol–water partition coefficient (Wildman–Crippen LogP) is 5.22. The van der Waals surface area contributed by atoms with Crippen LogP contribution in [0.1, 0.15) is 5.56 Å². The highest BCUT2D eigenvalue weighted by Crippen LogP contribution is 2.29. The van der Waals surface area contributed by atoms with Crippen LogP contribution in [-0.4, -0.2) is 32.5 Å². The van der Waals surface area contributed by atoms with Gasteiger partial charge in [-0.1, -0.05) is 66.7 Å². The lowest BCUT2D eigenvalue weighted by atomic mass is 10.1. The van der Waals surface area contributed by atoms with E-state index in [-0.39, 0.29) is 11.3 Å². The summed E-state index contributed by atoms with van der Waals surface area (Å²) < 4.78 is 39.3. The van der Waals surface area contributed by atoms with Gasteiger partial charge in [0.1, 0.15) is 6.04 Å². The van der Waals surface area contributed by atoms with E-state index in [1.807, 2.05) is 72.8 Å². The molecule has 1 N–H and O–H groups in total. The Hall–Kier alpha value is -4.27. The van der Waals surface area contributed by atoms with Gasteiger partial charge in [-0.15, -0.1) is 0 Å². The topological polar surface area (TPSA) is 98.5 Å². The number of ether oxygens (including phenoxy) is 1. The fourth-order valence-corrected chi connectivity index (χ4v) is 5.27. The van der Waals surface area contributed by atoms with Crippen molar-refractivity contribution in [1.29, 1.82) is 0 Å². The number of carbonyl (C=O) groups is 1. The van der Waals surface area contributed by atoms with Crippen molar-refractivity contribution < 1.29 is 22.4 Å². The van der Waals surface area contributed by atoms with Gasteiger partial charge in [-0.25, -0.2) is 13.4 Å². The molecule has 8 heteroatoms. The molecule has 0 fully saturated rings. The van der Waals surface area contributed by atoms with Crippen LogP contribution in [0.3, 0.4) is 0 Å². The first-order valence-electron chi connectivity index (χ1n) is 11.6. The molecule has 5 rings (SSSR count). The molecule has 0 saturated heterocycles. The van der Waals surface area contributed by atoms with E-state index in [0.29, 0.717) is 17.2 Å². The highest BCUT2D eigenvalue weighted by Gasteiger charge is 2.27. The number of nitrogens with one attached hydrogen (secondary N) is 1. The molecular weight excluding hydrogens is 488 g/mol. The molecule has 0 spiro atoms. The van der Waals surface area contributed by atoms with Crippen LogP contribution in [0.15, 0.2) is 113 Å². The summed E-state index contributed by atoms with van der Waals surface area (Å²) in [7, 11) is -2.77. The largest absolute Gasteiger partial charge is 0.468 e. The Kier molecular flexibility index (Phi) is 6.85. The summed E-state index contributed by atoms with van der Waals surface area (Å²) in [5, 5.41) is 2.23. The van der Waals surface area contributed by atoms with Gasteiger partial charge in [0.05, 0.1) is 18.2 Å². The molecule has 5 aromatic rings. The normalized spacial score (nSPS) is 12.4. The van der Waals surface area contributed by atoms with E-state index in [4.69, 9.17) is 9.15 Å². The average Bonchev–Trinajstić information content (AvgIpc) is 3.43. The monoisotopic (exact) mass is 512 g/mol. The zero-order chi connectivity index (χ0) is 25.8. The first-order chi connectivity index (χ1) is 17.9. The van der Waals surface area contributed by atoms with E-state index in [9.17, 15) is 13.2 Å². The number of esters is 1. The fourth-order valence-electron chi connectivity index (χ4n) is 4.08. The predicted molar refractivity (Wildman–Crippen MR) is 141 cm³/mol. The third-order valence-corrected chi connectivity index (χ3v) is 7.50. The van der Waals surface area contributed by atoms with Crippen LogP contribution < -0.4 is 4.72 Å². The summed E-state index contributed by atoms with van der Waals surface area (Å²) in [5.41, 5.74) is 2.33. The second-order valence-electron chi connectivity index (χ2n) is 8.50. The van der Waals surface area contributed by atoms with Gasteiger partial charge in [0.25, 0.3) is 0 Å². The standard InChI is InChI=1S/C29H24N2O5S/c1-35-29(32)26(17-20-7-3-2-4-8-20)31-37(33,34)25-15-13-22(14-16-25)28-30-19-27(36-28)24-12-11-21-9-5-6-10-23(21)18-24/h2-16,18-19,26,31H,17H2,1H3/t26-/m1/s1. The maximum absolute atomic E-state index is 13.0. The van der Waals surface area contributed by atoms with Crippen molar-refractivity contribution in [1.82, 2.24) is 9.71 Å². The fraction of sp³-hybridized carbons (Fsp3) is 0.103. The number of rotatable bonds is 8. The van der Waals surface area contributed by atoms with E-state index in [0.717, 1.165) is 21.9 Å². The smallest absolute Gasteiger partial charge is 0.324 e.